The molecule has 4 fully saturated rings. The average molecular weight is 420 g/mol. The Labute approximate surface area is 172 Å². The van der Waals surface area contributed by atoms with Gasteiger partial charge in [0.1, 0.15) is 17.2 Å². The minimum Gasteiger partial charge on any atom is -0.373 e. The molecule has 1 aromatic carbocycles. The zero-order valence-corrected chi connectivity index (χ0v) is 16.6. The summed E-state index contributed by atoms with van der Waals surface area (Å²) in [6.45, 7) is 0.952. The predicted molar refractivity (Wildman–Crippen MR) is 102 cm³/mol. The minimum atomic E-state index is -0.232. The van der Waals surface area contributed by atoms with Gasteiger partial charge in [-0.1, -0.05) is 34.4 Å². The number of halogens is 2. The van der Waals surface area contributed by atoms with Gasteiger partial charge in [-0.2, -0.15) is 0 Å². The van der Waals surface area contributed by atoms with Crippen LogP contribution in [0, 0.1) is 11.8 Å². The number of nitrogens with zero attached hydrogens (tertiary/aromatic N) is 1. The smallest absolute Gasteiger partial charge is 0.147 e. The second-order valence-corrected chi connectivity index (χ2v) is 9.21. The number of Topliss-reactive ketones (excluding diaryl/α,β-unsaturated/α-hetero) is 1. The Bertz CT molecular complexity index is 965. The fraction of sp³-hybridized carbons (Fsp3) is 0.524. The summed E-state index contributed by atoms with van der Waals surface area (Å²) in [5, 5.41) is 5.38. The SMILES string of the molecule is O=C1C2COC23CC(OCc2c(-c4c(Cl)cccc4Cl)noc2C2CC2)CC13. The van der Waals surface area contributed by atoms with Crippen LogP contribution in [0.25, 0.3) is 11.3 Å². The van der Waals surface area contributed by atoms with Gasteiger partial charge in [0.2, 0.25) is 0 Å². The molecule has 1 aromatic heterocycles. The lowest BCUT2D eigenvalue weighted by molar-refractivity contribution is -0.260. The Morgan fingerprint density at radius 2 is 2.00 bits per heavy atom. The van der Waals surface area contributed by atoms with Gasteiger partial charge in [-0.05, 0) is 31.4 Å². The Morgan fingerprint density at radius 1 is 1.21 bits per heavy atom. The molecule has 0 amide bonds. The molecule has 4 atom stereocenters. The molecular formula is C21H19Cl2NO4. The number of rotatable bonds is 5. The maximum absolute atomic E-state index is 12.2. The molecule has 2 heterocycles. The van der Waals surface area contributed by atoms with Crippen LogP contribution in [0.15, 0.2) is 22.7 Å². The molecule has 146 valence electrons. The minimum absolute atomic E-state index is 0.00997. The zero-order chi connectivity index (χ0) is 19.0. The fourth-order valence-corrected chi connectivity index (χ4v) is 5.75. The molecule has 0 bridgehead atoms. The molecule has 2 aromatic rings. The second kappa shape index (κ2) is 6.05. The molecule has 4 aliphatic rings. The molecule has 0 N–H and O–H groups in total. The van der Waals surface area contributed by atoms with Crippen molar-refractivity contribution >= 4 is 29.0 Å². The fourth-order valence-electron chi connectivity index (χ4n) is 5.17. The van der Waals surface area contributed by atoms with Crippen LogP contribution in [0.3, 0.4) is 0 Å². The molecule has 1 aliphatic heterocycles. The molecular weight excluding hydrogens is 401 g/mol. The summed E-state index contributed by atoms with van der Waals surface area (Å²) in [7, 11) is 0. The number of benzene rings is 1. The maximum atomic E-state index is 12.2. The summed E-state index contributed by atoms with van der Waals surface area (Å²) in [6.07, 6.45) is 3.73. The topological polar surface area (TPSA) is 61.6 Å². The molecule has 3 saturated carbocycles. The first-order valence-electron chi connectivity index (χ1n) is 9.80. The van der Waals surface area contributed by atoms with Crippen molar-refractivity contribution in [2.24, 2.45) is 11.8 Å². The number of hydrogen-bond donors (Lipinski definition) is 0. The average Bonchev–Trinajstić information content (AvgIpc) is 3.30. The zero-order valence-electron chi connectivity index (χ0n) is 15.1. The van der Waals surface area contributed by atoms with Crippen LogP contribution in [0.5, 0.6) is 0 Å². The first kappa shape index (κ1) is 17.5. The summed E-state index contributed by atoms with van der Waals surface area (Å²) in [6, 6.07) is 5.41. The van der Waals surface area contributed by atoms with E-state index in [9.17, 15) is 4.79 Å². The van der Waals surface area contributed by atoms with E-state index in [1.165, 1.54) is 0 Å². The van der Waals surface area contributed by atoms with E-state index >= 15 is 0 Å². The van der Waals surface area contributed by atoms with E-state index in [0.29, 0.717) is 46.2 Å². The van der Waals surface area contributed by atoms with Crippen molar-refractivity contribution in [2.75, 3.05) is 6.61 Å². The van der Waals surface area contributed by atoms with Crippen LogP contribution in [-0.4, -0.2) is 29.3 Å². The number of carbonyl (C=O) groups excluding carboxylic acids is 1. The number of ketones is 1. The maximum Gasteiger partial charge on any atom is 0.147 e. The van der Waals surface area contributed by atoms with Gasteiger partial charge in [-0.25, -0.2) is 0 Å². The van der Waals surface area contributed by atoms with Gasteiger partial charge < -0.3 is 14.0 Å². The van der Waals surface area contributed by atoms with E-state index in [1.54, 1.807) is 12.1 Å². The Balaban J connectivity index is 1.27. The van der Waals surface area contributed by atoms with Crippen molar-refractivity contribution in [3.8, 4) is 11.3 Å². The van der Waals surface area contributed by atoms with Crippen LogP contribution in [-0.2, 0) is 20.9 Å². The largest absolute Gasteiger partial charge is 0.373 e. The lowest BCUT2D eigenvalue weighted by Gasteiger charge is -2.58. The lowest BCUT2D eigenvalue weighted by atomic mass is 9.58. The summed E-state index contributed by atoms with van der Waals surface area (Å²) in [5.41, 5.74) is 2.03. The summed E-state index contributed by atoms with van der Waals surface area (Å²) < 4.78 is 17.8. The molecule has 4 unspecified atom stereocenters. The second-order valence-electron chi connectivity index (χ2n) is 8.39. The van der Waals surface area contributed by atoms with Crippen molar-refractivity contribution < 1.29 is 18.8 Å². The predicted octanol–water partition coefficient (Wildman–Crippen LogP) is 4.79. The lowest BCUT2D eigenvalue weighted by Crippen LogP contribution is -2.71. The van der Waals surface area contributed by atoms with Gasteiger partial charge in [-0.15, -0.1) is 0 Å². The van der Waals surface area contributed by atoms with Crippen molar-refractivity contribution in [1.29, 1.82) is 0 Å². The number of carbonyl (C=O) groups is 1. The van der Waals surface area contributed by atoms with E-state index in [2.05, 4.69) is 5.16 Å². The molecule has 0 radical (unpaired) electrons. The number of ether oxygens (including phenoxy) is 2. The summed E-state index contributed by atoms with van der Waals surface area (Å²) >= 11 is 12.8. The monoisotopic (exact) mass is 419 g/mol. The summed E-state index contributed by atoms with van der Waals surface area (Å²) in [4.78, 5) is 12.2. The van der Waals surface area contributed by atoms with Gasteiger partial charge in [0.15, 0.2) is 0 Å². The van der Waals surface area contributed by atoms with Crippen LogP contribution >= 0.6 is 23.2 Å². The highest BCUT2D eigenvalue weighted by Gasteiger charge is 2.72. The van der Waals surface area contributed by atoms with E-state index in [-0.39, 0.29) is 23.5 Å². The number of hydrogen-bond acceptors (Lipinski definition) is 5. The standard InChI is InChI=1S/C21H19Cl2NO4/c22-15-2-1-3-16(23)17(15)18-12(20(28-24-18)10-4-5-10)8-26-11-6-13-19(25)14-9-27-21(13,14)7-11/h1-3,10-11,13-14H,4-9H2. The van der Waals surface area contributed by atoms with E-state index in [1.807, 2.05) is 6.07 Å². The van der Waals surface area contributed by atoms with Crippen LogP contribution < -0.4 is 0 Å². The summed E-state index contributed by atoms with van der Waals surface area (Å²) in [5.74, 6) is 1.73. The molecule has 1 saturated heterocycles. The third kappa shape index (κ3) is 2.34. The van der Waals surface area contributed by atoms with Crippen LogP contribution in [0.4, 0.5) is 0 Å². The van der Waals surface area contributed by atoms with Gasteiger partial charge >= 0.3 is 0 Å². The molecule has 1 spiro atoms. The van der Waals surface area contributed by atoms with E-state index in [4.69, 9.17) is 37.2 Å². The first-order chi connectivity index (χ1) is 13.6. The molecule has 7 heteroatoms. The normalized spacial score (nSPS) is 33.2. The van der Waals surface area contributed by atoms with Crippen molar-refractivity contribution in [1.82, 2.24) is 5.16 Å². The van der Waals surface area contributed by atoms with E-state index in [0.717, 1.165) is 37.0 Å². The highest BCUT2D eigenvalue weighted by molar-refractivity contribution is 6.39. The third-order valence-corrected chi connectivity index (χ3v) is 7.49. The molecule has 3 aliphatic carbocycles. The third-order valence-electron chi connectivity index (χ3n) is 6.86. The van der Waals surface area contributed by atoms with Gasteiger partial charge in [0.25, 0.3) is 0 Å². The highest BCUT2D eigenvalue weighted by atomic mass is 35.5. The number of aromatic nitrogens is 1. The molecule has 6 rings (SSSR count). The molecule has 5 nitrogen and oxygen atoms in total. The highest BCUT2D eigenvalue weighted by Crippen LogP contribution is 2.60. The Hall–Kier alpha value is -1.40. The van der Waals surface area contributed by atoms with E-state index < -0.39 is 0 Å². The van der Waals surface area contributed by atoms with Crippen LogP contribution in [0.2, 0.25) is 10.0 Å². The van der Waals surface area contributed by atoms with Gasteiger partial charge in [-0.3, -0.25) is 4.79 Å². The Kier molecular flexibility index (Phi) is 3.77. The van der Waals surface area contributed by atoms with Crippen LogP contribution in [0.1, 0.15) is 42.9 Å². The van der Waals surface area contributed by atoms with Gasteiger partial charge in [0.05, 0.1) is 46.8 Å². The molecule has 28 heavy (non-hydrogen) atoms. The van der Waals surface area contributed by atoms with Crippen molar-refractivity contribution in [3.05, 3.63) is 39.6 Å². The Morgan fingerprint density at radius 3 is 2.64 bits per heavy atom. The quantitative estimate of drug-likeness (QED) is 0.696. The van der Waals surface area contributed by atoms with Gasteiger partial charge in [0, 0.05) is 23.5 Å². The van der Waals surface area contributed by atoms with Crippen molar-refractivity contribution in [3.63, 3.8) is 0 Å². The van der Waals surface area contributed by atoms with Crippen molar-refractivity contribution in [2.45, 2.75) is 49.9 Å². The first-order valence-corrected chi connectivity index (χ1v) is 10.6.